The smallest absolute Gasteiger partial charge is 0.387 e. The third-order valence-corrected chi connectivity index (χ3v) is 6.86. The summed E-state index contributed by atoms with van der Waals surface area (Å²) in [6, 6.07) is 10.3. The van der Waals surface area contributed by atoms with E-state index in [1.165, 1.54) is 58.1 Å². The van der Waals surface area contributed by atoms with E-state index in [1.807, 2.05) is 6.92 Å². The minimum atomic E-state index is -3.12. The van der Waals surface area contributed by atoms with Crippen molar-refractivity contribution >= 4 is 17.2 Å². The van der Waals surface area contributed by atoms with Gasteiger partial charge in [0, 0.05) is 50.2 Å². The van der Waals surface area contributed by atoms with Crippen LogP contribution in [0, 0.1) is 5.82 Å². The lowest BCUT2D eigenvalue weighted by molar-refractivity contribution is -0.0494. The minimum absolute atomic E-state index is 0.128. The van der Waals surface area contributed by atoms with Gasteiger partial charge < -0.3 is 20.1 Å². The van der Waals surface area contributed by atoms with Crippen LogP contribution in [-0.2, 0) is 12.5 Å². The number of benzene rings is 2. The highest BCUT2D eigenvalue weighted by molar-refractivity contribution is 6.09. The molecule has 0 aliphatic carbocycles. The average molecular weight is 564 g/mol. The van der Waals surface area contributed by atoms with Gasteiger partial charge >= 0.3 is 6.61 Å². The zero-order valence-electron chi connectivity index (χ0n) is 21.9. The van der Waals surface area contributed by atoms with Crippen molar-refractivity contribution < 1.29 is 27.4 Å². The maximum Gasteiger partial charge on any atom is 0.387 e. The van der Waals surface area contributed by atoms with Crippen LogP contribution in [0.4, 0.5) is 18.9 Å². The predicted octanol–water partition coefficient (Wildman–Crippen LogP) is 4.78. The van der Waals surface area contributed by atoms with Crippen molar-refractivity contribution in [1.29, 1.82) is 0 Å². The Balaban J connectivity index is 1.35. The molecule has 10 nitrogen and oxygen atoms in total. The topological polar surface area (TPSA) is 108 Å². The number of hydrogen-bond donors (Lipinski definition) is 2. The zero-order chi connectivity index (χ0) is 28.7. The number of nitrogens with one attached hydrogen (secondary N) is 2. The SMILES string of the molecule is Cn1cc(NC(=O)c2cnn3cccnc23)c(-c2cc(Oc3cc(F)cc(C4(C)CNC4)c3)ccc2OC(F)F)n1. The molecule has 0 unspecified atom stereocenters. The third-order valence-electron chi connectivity index (χ3n) is 6.86. The normalized spacial score (nSPS) is 14.2. The number of carbonyl (C=O) groups is 1. The Labute approximate surface area is 231 Å². The molecule has 5 aromatic rings. The van der Waals surface area contributed by atoms with E-state index in [2.05, 4.69) is 25.8 Å². The first-order chi connectivity index (χ1) is 19.7. The van der Waals surface area contributed by atoms with E-state index in [9.17, 15) is 18.0 Å². The van der Waals surface area contributed by atoms with Gasteiger partial charge in [0.25, 0.3) is 5.91 Å². The standard InChI is InChI=1S/C28H24F3N7O3/c1-28(14-32-15-28)16-8-17(29)10-19(9-16)40-18-4-5-23(41-27(30)31)20(11-18)24-22(13-37(2)36-24)35-26(39)21-12-34-38-7-3-6-33-25(21)38/h3-13,27,32H,14-15H2,1-2H3,(H,35,39). The molecule has 4 heterocycles. The molecule has 1 aliphatic rings. The summed E-state index contributed by atoms with van der Waals surface area (Å²) in [6.45, 7) is 0.324. The number of nitrogens with zero attached hydrogens (tertiary/aromatic N) is 5. The number of ether oxygens (including phenoxy) is 2. The number of rotatable bonds is 8. The Morgan fingerprint density at radius 2 is 2.00 bits per heavy atom. The van der Waals surface area contributed by atoms with Gasteiger partial charge in [0.05, 0.1) is 17.4 Å². The molecule has 0 saturated carbocycles. The van der Waals surface area contributed by atoms with Crippen LogP contribution in [0.2, 0.25) is 0 Å². The molecular weight excluding hydrogens is 539 g/mol. The van der Waals surface area contributed by atoms with Gasteiger partial charge in [-0.2, -0.15) is 19.0 Å². The van der Waals surface area contributed by atoms with Crippen molar-refractivity contribution in [3.63, 3.8) is 0 Å². The number of halogens is 3. The molecule has 210 valence electrons. The lowest BCUT2D eigenvalue weighted by Gasteiger charge is -2.40. The Kier molecular flexibility index (Phi) is 6.58. The van der Waals surface area contributed by atoms with E-state index in [0.717, 1.165) is 5.56 Å². The molecule has 0 atom stereocenters. The first kappa shape index (κ1) is 26.3. The maximum absolute atomic E-state index is 14.5. The molecule has 2 N–H and O–H groups in total. The molecule has 2 aromatic carbocycles. The van der Waals surface area contributed by atoms with Gasteiger partial charge in [-0.1, -0.05) is 6.92 Å². The highest BCUT2D eigenvalue weighted by atomic mass is 19.3. The van der Waals surface area contributed by atoms with Crippen LogP contribution < -0.4 is 20.1 Å². The summed E-state index contributed by atoms with van der Waals surface area (Å²) in [4.78, 5) is 17.4. The lowest BCUT2D eigenvalue weighted by Crippen LogP contribution is -2.54. The number of carbonyl (C=O) groups excluding carboxylic acids is 1. The first-order valence-electron chi connectivity index (χ1n) is 12.6. The van der Waals surface area contributed by atoms with Crippen LogP contribution in [-0.4, -0.2) is 50.0 Å². The number of fused-ring (bicyclic) bond motifs is 1. The molecule has 1 aliphatic heterocycles. The molecule has 41 heavy (non-hydrogen) atoms. The van der Waals surface area contributed by atoms with E-state index in [1.54, 1.807) is 25.4 Å². The Morgan fingerprint density at radius 3 is 2.76 bits per heavy atom. The lowest BCUT2D eigenvalue weighted by atomic mass is 9.77. The van der Waals surface area contributed by atoms with Crippen LogP contribution in [0.5, 0.6) is 17.2 Å². The van der Waals surface area contributed by atoms with E-state index >= 15 is 0 Å². The van der Waals surface area contributed by atoms with Crippen molar-refractivity contribution in [3.05, 3.63) is 84.2 Å². The summed E-state index contributed by atoms with van der Waals surface area (Å²) in [6.07, 6.45) is 6.09. The van der Waals surface area contributed by atoms with Gasteiger partial charge in [-0.05, 0) is 42.0 Å². The van der Waals surface area contributed by atoms with E-state index in [4.69, 9.17) is 9.47 Å². The number of anilines is 1. The Morgan fingerprint density at radius 1 is 1.17 bits per heavy atom. The van der Waals surface area contributed by atoms with Crippen molar-refractivity contribution in [3.8, 4) is 28.5 Å². The largest absolute Gasteiger partial charge is 0.457 e. The summed E-state index contributed by atoms with van der Waals surface area (Å²) in [5.41, 5.74) is 1.61. The molecule has 13 heteroatoms. The Bertz CT molecular complexity index is 1760. The van der Waals surface area contributed by atoms with Crippen LogP contribution in [0.3, 0.4) is 0 Å². The van der Waals surface area contributed by atoms with Crippen molar-refractivity contribution in [1.82, 2.24) is 29.7 Å². The first-order valence-corrected chi connectivity index (χ1v) is 12.6. The van der Waals surface area contributed by atoms with Crippen LogP contribution in [0.1, 0.15) is 22.8 Å². The summed E-state index contributed by atoms with van der Waals surface area (Å²) >= 11 is 0. The minimum Gasteiger partial charge on any atom is -0.457 e. The molecule has 6 rings (SSSR count). The highest BCUT2D eigenvalue weighted by Crippen LogP contribution is 2.39. The molecule has 1 fully saturated rings. The van der Waals surface area contributed by atoms with Crippen LogP contribution in [0.25, 0.3) is 16.9 Å². The number of aromatic nitrogens is 5. The molecule has 1 saturated heterocycles. The van der Waals surface area contributed by atoms with Gasteiger partial charge in [0.1, 0.15) is 34.3 Å². The monoisotopic (exact) mass is 563 g/mol. The van der Waals surface area contributed by atoms with Gasteiger partial charge in [0.15, 0.2) is 5.65 Å². The number of aryl methyl sites for hydroxylation is 1. The molecular formula is C28H24F3N7O3. The van der Waals surface area contributed by atoms with Gasteiger partial charge in [-0.15, -0.1) is 0 Å². The third kappa shape index (κ3) is 5.18. The predicted molar refractivity (Wildman–Crippen MR) is 143 cm³/mol. The van der Waals surface area contributed by atoms with E-state index < -0.39 is 18.3 Å². The Hall–Kier alpha value is -4.91. The number of alkyl halides is 2. The highest BCUT2D eigenvalue weighted by Gasteiger charge is 2.34. The second-order valence-corrected chi connectivity index (χ2v) is 9.94. The molecule has 3 aromatic heterocycles. The van der Waals surface area contributed by atoms with Crippen LogP contribution in [0.15, 0.2) is 67.3 Å². The van der Waals surface area contributed by atoms with Gasteiger partial charge in [-0.3, -0.25) is 9.48 Å². The fourth-order valence-electron chi connectivity index (χ4n) is 4.72. The average Bonchev–Trinajstić information content (AvgIpc) is 3.50. The van der Waals surface area contributed by atoms with Crippen molar-refractivity contribution in [2.75, 3.05) is 18.4 Å². The van der Waals surface area contributed by atoms with E-state index in [0.29, 0.717) is 18.7 Å². The quantitative estimate of drug-likeness (QED) is 0.280. The fourth-order valence-corrected chi connectivity index (χ4v) is 4.72. The van der Waals surface area contributed by atoms with Crippen LogP contribution >= 0.6 is 0 Å². The second kappa shape index (κ2) is 10.2. The van der Waals surface area contributed by atoms with E-state index in [-0.39, 0.29) is 45.2 Å². The maximum atomic E-state index is 14.5. The molecule has 0 spiro atoms. The fraction of sp³-hybridized carbons (Fsp3) is 0.214. The summed E-state index contributed by atoms with van der Waals surface area (Å²) in [5, 5.41) is 14.5. The van der Waals surface area contributed by atoms with Gasteiger partial charge in [0.2, 0.25) is 0 Å². The molecule has 1 amide bonds. The van der Waals surface area contributed by atoms with Crippen molar-refractivity contribution in [2.45, 2.75) is 19.0 Å². The number of hydrogen-bond acceptors (Lipinski definition) is 7. The number of amides is 1. The van der Waals surface area contributed by atoms with Gasteiger partial charge in [-0.25, -0.2) is 13.9 Å². The summed E-state index contributed by atoms with van der Waals surface area (Å²) in [5.74, 6) is -0.697. The molecule has 0 bridgehead atoms. The zero-order valence-corrected chi connectivity index (χ0v) is 21.9. The second-order valence-electron chi connectivity index (χ2n) is 9.94. The summed E-state index contributed by atoms with van der Waals surface area (Å²) in [7, 11) is 1.62. The molecule has 0 radical (unpaired) electrons. The van der Waals surface area contributed by atoms with Crippen molar-refractivity contribution in [2.24, 2.45) is 7.05 Å². The summed E-state index contributed by atoms with van der Waals surface area (Å²) < 4.78 is 54.8.